The van der Waals surface area contributed by atoms with Crippen LogP contribution in [0.15, 0.2) is 0 Å². The Kier molecular flexibility index (Phi) is 2.53. The molecule has 0 aromatic heterocycles. The highest BCUT2D eigenvalue weighted by molar-refractivity contribution is 8.78. The molecule has 0 N–H and O–H groups in total. The molecule has 1 aliphatic rings. The highest BCUT2D eigenvalue weighted by atomic mass is 33.1. The van der Waals surface area contributed by atoms with Crippen molar-refractivity contribution in [1.82, 2.24) is 0 Å². The first-order valence-corrected chi connectivity index (χ1v) is 5.95. The molecule has 0 aromatic rings. The summed E-state index contributed by atoms with van der Waals surface area (Å²) in [6.45, 7) is 8.97. The van der Waals surface area contributed by atoms with Gasteiger partial charge in [-0.25, -0.2) is 0 Å². The van der Waals surface area contributed by atoms with Gasteiger partial charge in [0.25, 0.3) is 0 Å². The molecule has 1 fully saturated rings. The maximum atomic E-state index is 5.50. The van der Waals surface area contributed by atoms with E-state index in [9.17, 15) is 0 Å². The molecule has 0 spiro atoms. The summed E-state index contributed by atoms with van der Waals surface area (Å²) < 4.78 is 6.01. The van der Waals surface area contributed by atoms with Crippen LogP contribution in [-0.2, 0) is 4.74 Å². The Balaban J connectivity index is 2.80. The SMILES string of the molecule is COC1C(C)(C)SSC1(C)C. The lowest BCUT2D eigenvalue weighted by atomic mass is 9.94. The van der Waals surface area contributed by atoms with E-state index in [0.717, 1.165) is 0 Å². The lowest BCUT2D eigenvalue weighted by Crippen LogP contribution is -2.42. The first-order chi connectivity index (χ1) is 4.90. The van der Waals surface area contributed by atoms with Gasteiger partial charge in [0.05, 0.1) is 6.10 Å². The Hall–Kier alpha value is 0.660. The maximum absolute atomic E-state index is 5.50. The summed E-state index contributed by atoms with van der Waals surface area (Å²) in [7, 11) is 5.67. The number of rotatable bonds is 1. The monoisotopic (exact) mass is 192 g/mol. The molecule has 11 heavy (non-hydrogen) atoms. The molecule has 1 nitrogen and oxygen atoms in total. The predicted octanol–water partition coefficient (Wildman–Crippen LogP) is 2.95. The second-order valence-electron chi connectivity index (χ2n) is 3.99. The molecule has 0 aromatic carbocycles. The molecule has 0 atom stereocenters. The Morgan fingerprint density at radius 3 is 1.55 bits per heavy atom. The topological polar surface area (TPSA) is 9.23 Å². The summed E-state index contributed by atoms with van der Waals surface area (Å²) in [5.74, 6) is 0. The van der Waals surface area contributed by atoms with Crippen molar-refractivity contribution in [2.24, 2.45) is 0 Å². The summed E-state index contributed by atoms with van der Waals surface area (Å²) in [5, 5.41) is 0. The van der Waals surface area contributed by atoms with Crippen molar-refractivity contribution in [1.29, 1.82) is 0 Å². The van der Waals surface area contributed by atoms with Crippen LogP contribution < -0.4 is 0 Å². The third-order valence-corrected chi connectivity index (χ3v) is 6.17. The lowest BCUT2D eigenvalue weighted by Gasteiger charge is -2.30. The van der Waals surface area contributed by atoms with Gasteiger partial charge in [0.1, 0.15) is 0 Å². The van der Waals surface area contributed by atoms with Crippen LogP contribution in [0.1, 0.15) is 27.7 Å². The van der Waals surface area contributed by atoms with Crippen molar-refractivity contribution in [3.8, 4) is 0 Å². The van der Waals surface area contributed by atoms with E-state index in [1.807, 2.05) is 21.6 Å². The van der Waals surface area contributed by atoms with Crippen LogP contribution in [0, 0.1) is 0 Å². The smallest absolute Gasteiger partial charge is 0.0870 e. The molecule has 0 amide bonds. The molecule has 0 unspecified atom stereocenters. The quantitative estimate of drug-likeness (QED) is 0.591. The average molecular weight is 192 g/mol. The Bertz CT molecular complexity index is 138. The van der Waals surface area contributed by atoms with Crippen LogP contribution in [0.2, 0.25) is 0 Å². The molecule has 3 heteroatoms. The van der Waals surface area contributed by atoms with Gasteiger partial charge in [0.15, 0.2) is 0 Å². The normalized spacial score (nSPS) is 29.2. The van der Waals surface area contributed by atoms with Crippen LogP contribution in [0.5, 0.6) is 0 Å². The highest BCUT2D eigenvalue weighted by Gasteiger charge is 2.49. The van der Waals surface area contributed by atoms with Gasteiger partial charge in [0.2, 0.25) is 0 Å². The summed E-state index contributed by atoms with van der Waals surface area (Å²) >= 11 is 0. The molecule has 1 rings (SSSR count). The molecule has 1 heterocycles. The first-order valence-electron chi connectivity index (χ1n) is 3.80. The molecule has 1 saturated heterocycles. The zero-order valence-electron chi connectivity index (χ0n) is 7.80. The van der Waals surface area contributed by atoms with E-state index in [2.05, 4.69) is 27.7 Å². The highest BCUT2D eigenvalue weighted by Crippen LogP contribution is 2.57. The van der Waals surface area contributed by atoms with Gasteiger partial charge in [-0.1, -0.05) is 21.6 Å². The Morgan fingerprint density at radius 1 is 1.00 bits per heavy atom. The van der Waals surface area contributed by atoms with Gasteiger partial charge in [-0.15, -0.1) is 0 Å². The molecule has 0 aliphatic carbocycles. The van der Waals surface area contributed by atoms with E-state index < -0.39 is 0 Å². The summed E-state index contributed by atoms with van der Waals surface area (Å²) in [6.07, 6.45) is 0.352. The lowest BCUT2D eigenvalue weighted by molar-refractivity contribution is 0.0583. The molecular formula is C8H16OS2. The molecule has 0 bridgehead atoms. The predicted molar refractivity (Wildman–Crippen MR) is 54.1 cm³/mol. The number of methoxy groups -OCH3 is 1. The van der Waals surface area contributed by atoms with Crippen molar-refractivity contribution in [2.45, 2.75) is 43.3 Å². The number of hydrogen-bond donors (Lipinski definition) is 0. The zero-order chi connectivity index (χ0) is 8.70. The van der Waals surface area contributed by atoms with Crippen LogP contribution in [0.4, 0.5) is 0 Å². The molecular weight excluding hydrogens is 176 g/mol. The van der Waals surface area contributed by atoms with E-state index in [0.29, 0.717) is 6.10 Å². The van der Waals surface area contributed by atoms with E-state index in [1.165, 1.54) is 0 Å². The van der Waals surface area contributed by atoms with Crippen LogP contribution in [0.3, 0.4) is 0 Å². The van der Waals surface area contributed by atoms with Crippen LogP contribution in [0.25, 0.3) is 0 Å². The van der Waals surface area contributed by atoms with E-state index in [4.69, 9.17) is 4.74 Å². The largest absolute Gasteiger partial charge is 0.379 e. The fourth-order valence-electron chi connectivity index (χ4n) is 1.71. The van der Waals surface area contributed by atoms with Crippen molar-refractivity contribution >= 4 is 21.6 Å². The average Bonchev–Trinajstić information content (AvgIpc) is 2.03. The Labute approximate surface area is 77.0 Å². The van der Waals surface area contributed by atoms with Gasteiger partial charge in [-0.3, -0.25) is 0 Å². The summed E-state index contributed by atoms with van der Waals surface area (Å²) in [5.41, 5.74) is 0. The minimum atomic E-state index is 0.253. The van der Waals surface area contributed by atoms with Crippen molar-refractivity contribution in [2.75, 3.05) is 7.11 Å². The minimum Gasteiger partial charge on any atom is -0.379 e. The first kappa shape index (κ1) is 9.75. The van der Waals surface area contributed by atoms with Crippen molar-refractivity contribution < 1.29 is 4.74 Å². The fraction of sp³-hybridized carbons (Fsp3) is 1.00. The second kappa shape index (κ2) is 2.86. The van der Waals surface area contributed by atoms with Crippen molar-refractivity contribution in [3.05, 3.63) is 0 Å². The zero-order valence-corrected chi connectivity index (χ0v) is 9.44. The number of hydrogen-bond acceptors (Lipinski definition) is 3. The van der Waals surface area contributed by atoms with Crippen LogP contribution in [-0.4, -0.2) is 22.7 Å². The summed E-state index contributed by atoms with van der Waals surface area (Å²) in [4.78, 5) is 0. The molecule has 66 valence electrons. The standard InChI is InChI=1S/C8H16OS2/c1-7(2)6(9-5)8(3,4)11-10-7/h6H,1-5H3. The second-order valence-corrected chi connectivity index (χ2v) is 7.43. The van der Waals surface area contributed by atoms with Gasteiger partial charge in [0, 0.05) is 16.6 Å². The van der Waals surface area contributed by atoms with Gasteiger partial charge >= 0.3 is 0 Å². The minimum absolute atomic E-state index is 0.253. The van der Waals surface area contributed by atoms with Crippen molar-refractivity contribution in [3.63, 3.8) is 0 Å². The van der Waals surface area contributed by atoms with Gasteiger partial charge < -0.3 is 4.74 Å². The number of ether oxygens (including phenoxy) is 1. The maximum Gasteiger partial charge on any atom is 0.0870 e. The summed E-state index contributed by atoms with van der Waals surface area (Å²) in [6, 6.07) is 0. The van der Waals surface area contributed by atoms with Gasteiger partial charge in [-0.2, -0.15) is 0 Å². The fourth-order valence-corrected chi connectivity index (χ4v) is 4.98. The van der Waals surface area contributed by atoms with E-state index in [1.54, 1.807) is 7.11 Å². The molecule has 1 aliphatic heterocycles. The Morgan fingerprint density at radius 2 is 1.36 bits per heavy atom. The third-order valence-electron chi connectivity index (χ3n) is 1.97. The third kappa shape index (κ3) is 1.70. The molecule has 0 radical (unpaired) electrons. The van der Waals surface area contributed by atoms with E-state index >= 15 is 0 Å². The van der Waals surface area contributed by atoms with E-state index in [-0.39, 0.29) is 9.49 Å². The van der Waals surface area contributed by atoms with Crippen LogP contribution >= 0.6 is 21.6 Å². The van der Waals surface area contributed by atoms with Gasteiger partial charge in [-0.05, 0) is 27.7 Å². The molecule has 0 saturated carbocycles.